The lowest BCUT2D eigenvalue weighted by Crippen LogP contribution is -2.30. The highest BCUT2D eigenvalue weighted by atomic mass is 16.4. The van der Waals surface area contributed by atoms with Gasteiger partial charge in [-0.2, -0.15) is 0 Å². The van der Waals surface area contributed by atoms with Gasteiger partial charge in [-0.3, -0.25) is 9.78 Å². The van der Waals surface area contributed by atoms with E-state index in [1.165, 1.54) is 29.4 Å². The first-order valence-corrected chi connectivity index (χ1v) is 5.99. The second kappa shape index (κ2) is 5.81. The highest BCUT2D eigenvalue weighted by Gasteiger charge is 2.33. The molecule has 1 amide bonds. The van der Waals surface area contributed by atoms with Crippen LogP contribution in [0.15, 0.2) is 24.5 Å². The van der Waals surface area contributed by atoms with Gasteiger partial charge in [0.1, 0.15) is 0 Å². The predicted octanol–water partition coefficient (Wildman–Crippen LogP) is -0.643. The van der Waals surface area contributed by atoms with Gasteiger partial charge in [-0.15, -0.1) is 0 Å². The fourth-order valence-corrected chi connectivity index (χ4v) is 2.00. The minimum absolute atomic E-state index is 0.0460. The fourth-order valence-electron chi connectivity index (χ4n) is 2.00. The van der Waals surface area contributed by atoms with E-state index in [0.29, 0.717) is 5.56 Å². The first-order valence-electron chi connectivity index (χ1n) is 5.99. The standard InChI is InChI=1S/C13H14N2O5/c16-10-6-15(7-11(10)17)13(20)9-3-4-14-5-8(9)1-2-12(18)19/h1-5,10-11,16-17H,6-7H2,(H,18,19)/b2-1+. The molecular weight excluding hydrogens is 264 g/mol. The van der Waals surface area contributed by atoms with E-state index in [9.17, 15) is 19.8 Å². The largest absolute Gasteiger partial charge is 0.478 e. The molecule has 0 aliphatic carbocycles. The number of carboxylic acid groups (broad SMARTS) is 1. The Hall–Kier alpha value is -2.25. The molecule has 0 saturated carbocycles. The number of aliphatic hydroxyl groups is 2. The number of hydrogen-bond acceptors (Lipinski definition) is 5. The number of β-amino-alcohol motifs (C(OH)–C–C–N with tert-alkyl or cyclic N) is 2. The number of aliphatic hydroxyl groups excluding tert-OH is 2. The number of nitrogens with zero attached hydrogens (tertiary/aromatic N) is 2. The molecule has 2 rings (SSSR count). The van der Waals surface area contributed by atoms with Crippen molar-refractivity contribution in [3.05, 3.63) is 35.7 Å². The Morgan fingerprint density at radius 2 is 1.95 bits per heavy atom. The number of carbonyl (C=O) groups is 2. The lowest BCUT2D eigenvalue weighted by atomic mass is 10.1. The Morgan fingerprint density at radius 3 is 2.55 bits per heavy atom. The van der Waals surface area contributed by atoms with Crippen molar-refractivity contribution in [3.8, 4) is 0 Å². The average molecular weight is 278 g/mol. The number of carboxylic acids is 1. The van der Waals surface area contributed by atoms with Crippen molar-refractivity contribution in [1.29, 1.82) is 0 Å². The van der Waals surface area contributed by atoms with Crippen LogP contribution in [0.25, 0.3) is 6.08 Å². The Kier molecular flexibility index (Phi) is 4.11. The zero-order valence-electron chi connectivity index (χ0n) is 10.5. The Morgan fingerprint density at radius 1 is 1.30 bits per heavy atom. The lowest BCUT2D eigenvalue weighted by Gasteiger charge is -2.16. The molecule has 2 unspecified atom stereocenters. The third-order valence-electron chi connectivity index (χ3n) is 3.03. The monoisotopic (exact) mass is 278 g/mol. The summed E-state index contributed by atoms with van der Waals surface area (Å²) >= 11 is 0. The van der Waals surface area contributed by atoms with Gasteiger partial charge in [0.25, 0.3) is 5.91 Å². The number of amides is 1. The first kappa shape index (κ1) is 14.2. The molecule has 1 aromatic heterocycles. The summed E-state index contributed by atoms with van der Waals surface area (Å²) in [6.07, 6.45) is 3.09. The van der Waals surface area contributed by atoms with Crippen LogP contribution < -0.4 is 0 Å². The number of likely N-dealkylation sites (tertiary alicyclic amines) is 1. The Bertz CT molecular complexity index is 547. The molecule has 20 heavy (non-hydrogen) atoms. The van der Waals surface area contributed by atoms with Crippen LogP contribution in [0, 0.1) is 0 Å². The van der Waals surface area contributed by atoms with Crippen molar-refractivity contribution in [1.82, 2.24) is 9.88 Å². The van der Waals surface area contributed by atoms with Gasteiger partial charge in [-0.25, -0.2) is 4.79 Å². The molecule has 0 bridgehead atoms. The summed E-state index contributed by atoms with van der Waals surface area (Å²) in [7, 11) is 0. The Labute approximate surface area is 114 Å². The van der Waals surface area contributed by atoms with E-state index >= 15 is 0 Å². The maximum absolute atomic E-state index is 12.3. The smallest absolute Gasteiger partial charge is 0.328 e. The summed E-state index contributed by atoms with van der Waals surface area (Å²) in [5, 5.41) is 27.5. The molecule has 7 nitrogen and oxygen atoms in total. The van der Waals surface area contributed by atoms with E-state index in [1.54, 1.807) is 0 Å². The van der Waals surface area contributed by atoms with E-state index in [2.05, 4.69) is 4.98 Å². The van der Waals surface area contributed by atoms with Crippen LogP contribution in [-0.2, 0) is 4.79 Å². The van der Waals surface area contributed by atoms with E-state index in [0.717, 1.165) is 6.08 Å². The summed E-state index contributed by atoms with van der Waals surface area (Å²) in [5.74, 6) is -1.51. The molecule has 1 aliphatic heterocycles. The average Bonchev–Trinajstić information content (AvgIpc) is 2.76. The van der Waals surface area contributed by atoms with Gasteiger partial charge in [-0.05, 0) is 12.1 Å². The molecule has 3 N–H and O–H groups in total. The van der Waals surface area contributed by atoms with E-state index in [-0.39, 0.29) is 24.6 Å². The molecule has 0 aromatic carbocycles. The van der Waals surface area contributed by atoms with Crippen LogP contribution in [0.3, 0.4) is 0 Å². The molecule has 1 aliphatic rings. The van der Waals surface area contributed by atoms with Gasteiger partial charge in [0, 0.05) is 42.7 Å². The van der Waals surface area contributed by atoms with Crippen molar-refractivity contribution in [3.63, 3.8) is 0 Å². The molecule has 2 heterocycles. The third kappa shape index (κ3) is 3.01. The molecule has 0 spiro atoms. The van der Waals surface area contributed by atoms with Gasteiger partial charge in [0.2, 0.25) is 0 Å². The molecule has 2 atom stereocenters. The number of aromatic nitrogens is 1. The summed E-state index contributed by atoms with van der Waals surface area (Å²) < 4.78 is 0. The summed E-state index contributed by atoms with van der Waals surface area (Å²) in [6.45, 7) is 0.0921. The molecule has 106 valence electrons. The zero-order valence-corrected chi connectivity index (χ0v) is 10.5. The third-order valence-corrected chi connectivity index (χ3v) is 3.03. The molecule has 7 heteroatoms. The van der Waals surface area contributed by atoms with Gasteiger partial charge in [-0.1, -0.05) is 0 Å². The van der Waals surface area contributed by atoms with E-state index in [4.69, 9.17) is 5.11 Å². The molecule has 0 radical (unpaired) electrons. The van der Waals surface area contributed by atoms with Crippen LogP contribution >= 0.6 is 0 Å². The second-order valence-electron chi connectivity index (χ2n) is 4.48. The van der Waals surface area contributed by atoms with Gasteiger partial charge in [0.15, 0.2) is 0 Å². The minimum Gasteiger partial charge on any atom is -0.478 e. The summed E-state index contributed by atoms with van der Waals surface area (Å²) in [6, 6.07) is 1.47. The zero-order chi connectivity index (χ0) is 14.7. The molecular formula is C13H14N2O5. The van der Waals surface area contributed by atoms with Gasteiger partial charge < -0.3 is 20.2 Å². The number of rotatable bonds is 3. The topological polar surface area (TPSA) is 111 Å². The molecule has 1 saturated heterocycles. The molecule has 1 aromatic rings. The number of hydrogen-bond donors (Lipinski definition) is 3. The number of pyridine rings is 1. The number of carbonyl (C=O) groups excluding carboxylic acids is 1. The summed E-state index contributed by atoms with van der Waals surface area (Å²) in [4.78, 5) is 28.0. The SMILES string of the molecule is O=C(O)/C=C/c1cnccc1C(=O)N1CC(O)C(O)C1. The van der Waals surface area contributed by atoms with Crippen LogP contribution in [0.2, 0.25) is 0 Å². The van der Waals surface area contributed by atoms with Crippen molar-refractivity contribution >= 4 is 18.0 Å². The molecule has 1 fully saturated rings. The van der Waals surface area contributed by atoms with Crippen molar-refractivity contribution in [2.45, 2.75) is 12.2 Å². The van der Waals surface area contributed by atoms with Crippen LogP contribution in [0.1, 0.15) is 15.9 Å². The number of aliphatic carboxylic acids is 1. The highest BCUT2D eigenvalue weighted by molar-refractivity contribution is 5.99. The van der Waals surface area contributed by atoms with Crippen molar-refractivity contribution in [2.75, 3.05) is 13.1 Å². The minimum atomic E-state index is -1.13. The van der Waals surface area contributed by atoms with Crippen LogP contribution in [0.4, 0.5) is 0 Å². The van der Waals surface area contributed by atoms with Crippen molar-refractivity contribution < 1.29 is 24.9 Å². The van der Waals surface area contributed by atoms with Gasteiger partial charge >= 0.3 is 5.97 Å². The second-order valence-corrected chi connectivity index (χ2v) is 4.48. The van der Waals surface area contributed by atoms with Crippen LogP contribution in [-0.4, -0.2) is 62.4 Å². The van der Waals surface area contributed by atoms with Crippen molar-refractivity contribution in [2.24, 2.45) is 0 Å². The van der Waals surface area contributed by atoms with Crippen LogP contribution in [0.5, 0.6) is 0 Å². The normalized spacial score (nSPS) is 22.4. The summed E-state index contributed by atoms with van der Waals surface area (Å²) in [5.41, 5.74) is 0.648. The maximum atomic E-state index is 12.3. The predicted molar refractivity (Wildman–Crippen MR) is 68.8 cm³/mol. The van der Waals surface area contributed by atoms with E-state index in [1.807, 2.05) is 0 Å². The lowest BCUT2D eigenvalue weighted by molar-refractivity contribution is -0.131. The quantitative estimate of drug-likeness (QED) is 0.634. The Balaban J connectivity index is 2.24. The van der Waals surface area contributed by atoms with E-state index < -0.39 is 18.2 Å². The maximum Gasteiger partial charge on any atom is 0.328 e. The first-order chi connectivity index (χ1) is 9.49. The van der Waals surface area contributed by atoms with Gasteiger partial charge in [0.05, 0.1) is 12.2 Å². The fraction of sp³-hybridized carbons (Fsp3) is 0.308. The highest BCUT2D eigenvalue weighted by Crippen LogP contribution is 2.17.